The summed E-state index contributed by atoms with van der Waals surface area (Å²) >= 11 is 0. The molecule has 3 rings (SSSR count). The average molecular weight is 399 g/mol. The van der Waals surface area contributed by atoms with Gasteiger partial charge in [0.2, 0.25) is 5.91 Å². The number of likely N-dealkylation sites (tertiary alicyclic amines) is 1. The van der Waals surface area contributed by atoms with E-state index in [2.05, 4.69) is 4.98 Å². The number of nitrogens with zero attached hydrogens (tertiary/aromatic N) is 4. The molecule has 0 bridgehead atoms. The van der Waals surface area contributed by atoms with Crippen LogP contribution < -0.4 is 5.56 Å². The number of pyridine rings is 1. The Morgan fingerprint density at radius 3 is 2.17 bits per heavy atom. The zero-order valence-corrected chi connectivity index (χ0v) is 17.3. The van der Waals surface area contributed by atoms with E-state index in [4.69, 9.17) is 0 Å². The lowest BCUT2D eigenvalue weighted by molar-refractivity contribution is -0.132. The van der Waals surface area contributed by atoms with Crippen molar-refractivity contribution < 1.29 is 9.59 Å². The molecule has 3 amide bonds. The van der Waals surface area contributed by atoms with Crippen LogP contribution in [0.5, 0.6) is 0 Å². The lowest BCUT2D eigenvalue weighted by Gasteiger charge is -2.38. The molecule has 1 aromatic heterocycles. The van der Waals surface area contributed by atoms with Gasteiger partial charge in [0.15, 0.2) is 0 Å². The zero-order chi connectivity index (χ0) is 21.0. The quantitative estimate of drug-likeness (QED) is 0.833. The van der Waals surface area contributed by atoms with Gasteiger partial charge in [0.1, 0.15) is 11.6 Å². The lowest BCUT2D eigenvalue weighted by Crippen LogP contribution is -2.54. The van der Waals surface area contributed by atoms with Crippen LogP contribution in [0.15, 0.2) is 4.79 Å². The van der Waals surface area contributed by atoms with Crippen molar-refractivity contribution in [3.63, 3.8) is 0 Å². The number of H-pyrrole nitrogens is 1. The summed E-state index contributed by atoms with van der Waals surface area (Å²) < 4.78 is 0. The van der Waals surface area contributed by atoms with Crippen molar-refractivity contribution in [1.29, 1.82) is 5.26 Å². The molecule has 2 aliphatic heterocycles. The summed E-state index contributed by atoms with van der Waals surface area (Å²) in [5, 5.41) is 9.18. The van der Waals surface area contributed by atoms with Gasteiger partial charge in [-0.1, -0.05) is 0 Å². The summed E-state index contributed by atoms with van der Waals surface area (Å²) in [4.78, 5) is 45.4. The van der Waals surface area contributed by atoms with Crippen LogP contribution in [0.3, 0.4) is 0 Å². The number of piperazine rings is 1. The van der Waals surface area contributed by atoms with E-state index in [1.807, 2.05) is 20.8 Å². The number of carbonyl (C=O) groups excluding carboxylic acids is 2. The molecule has 156 valence electrons. The van der Waals surface area contributed by atoms with E-state index in [-0.39, 0.29) is 23.1 Å². The number of nitrogens with one attached hydrogen (secondary N) is 1. The number of nitriles is 1. The Kier molecular flexibility index (Phi) is 6.57. The number of rotatable bonds is 3. The second-order valence-electron chi connectivity index (χ2n) is 7.87. The van der Waals surface area contributed by atoms with E-state index in [1.54, 1.807) is 13.8 Å². The molecule has 0 saturated carbocycles. The van der Waals surface area contributed by atoms with Gasteiger partial charge in [0.05, 0.1) is 0 Å². The highest BCUT2D eigenvalue weighted by Gasteiger charge is 2.27. The normalized spacial score (nSPS) is 17.2. The van der Waals surface area contributed by atoms with Crippen LogP contribution in [-0.2, 0) is 11.2 Å². The van der Waals surface area contributed by atoms with Crippen molar-refractivity contribution in [1.82, 2.24) is 19.7 Å². The number of hydrogen-bond acceptors (Lipinski definition) is 4. The van der Waals surface area contributed by atoms with Crippen molar-refractivity contribution >= 4 is 11.9 Å². The third-order valence-electron chi connectivity index (χ3n) is 6.04. The van der Waals surface area contributed by atoms with Crippen LogP contribution in [-0.4, -0.2) is 70.9 Å². The van der Waals surface area contributed by atoms with Crippen LogP contribution in [0.4, 0.5) is 4.79 Å². The first-order valence-corrected chi connectivity index (χ1v) is 10.4. The largest absolute Gasteiger partial charge is 0.339 e. The Balaban J connectivity index is 1.54. The van der Waals surface area contributed by atoms with Gasteiger partial charge in [-0.05, 0) is 50.7 Å². The van der Waals surface area contributed by atoms with Gasteiger partial charge in [0.25, 0.3) is 5.56 Å². The zero-order valence-electron chi connectivity index (χ0n) is 17.3. The minimum Gasteiger partial charge on any atom is -0.339 e. The second-order valence-corrected chi connectivity index (χ2v) is 7.87. The first-order valence-electron chi connectivity index (χ1n) is 10.4. The van der Waals surface area contributed by atoms with Crippen molar-refractivity contribution in [2.24, 2.45) is 0 Å². The number of hydrogen-bond donors (Lipinski definition) is 1. The summed E-state index contributed by atoms with van der Waals surface area (Å²) in [6.45, 7) is 7.44. The topological polar surface area (TPSA) is 101 Å². The van der Waals surface area contributed by atoms with E-state index in [1.165, 1.54) is 6.42 Å². The number of urea groups is 1. The van der Waals surface area contributed by atoms with Crippen LogP contribution >= 0.6 is 0 Å². The van der Waals surface area contributed by atoms with E-state index in [0.29, 0.717) is 50.3 Å². The Labute approximate surface area is 171 Å². The Morgan fingerprint density at radius 1 is 0.966 bits per heavy atom. The fraction of sp³-hybridized carbons (Fsp3) is 0.619. The van der Waals surface area contributed by atoms with Crippen molar-refractivity contribution in [3.05, 3.63) is 32.7 Å². The van der Waals surface area contributed by atoms with Gasteiger partial charge in [-0.25, -0.2) is 4.79 Å². The van der Waals surface area contributed by atoms with E-state index < -0.39 is 0 Å². The van der Waals surface area contributed by atoms with Gasteiger partial charge < -0.3 is 19.7 Å². The van der Waals surface area contributed by atoms with Gasteiger partial charge >= 0.3 is 6.03 Å². The molecule has 1 aromatic rings. The minimum absolute atomic E-state index is 0.0404. The lowest BCUT2D eigenvalue weighted by atomic mass is 9.99. The predicted octanol–water partition coefficient (Wildman–Crippen LogP) is 1.55. The first-order chi connectivity index (χ1) is 13.9. The highest BCUT2D eigenvalue weighted by atomic mass is 16.2. The van der Waals surface area contributed by atoms with Crippen molar-refractivity contribution in [2.45, 2.75) is 46.0 Å². The second kappa shape index (κ2) is 9.12. The van der Waals surface area contributed by atoms with Gasteiger partial charge in [0, 0.05) is 51.4 Å². The third-order valence-corrected chi connectivity index (χ3v) is 6.04. The molecule has 8 heteroatoms. The van der Waals surface area contributed by atoms with Gasteiger partial charge in [-0.15, -0.1) is 0 Å². The predicted molar refractivity (Wildman–Crippen MR) is 109 cm³/mol. The van der Waals surface area contributed by atoms with Crippen LogP contribution in [0.2, 0.25) is 0 Å². The monoisotopic (exact) mass is 399 g/mol. The van der Waals surface area contributed by atoms with Crippen molar-refractivity contribution in [3.8, 4) is 6.07 Å². The molecular formula is C21H29N5O3. The maximum absolute atomic E-state index is 12.7. The number of amides is 3. The molecule has 8 nitrogen and oxygen atoms in total. The number of aromatic nitrogens is 1. The first kappa shape index (κ1) is 20.9. The molecule has 0 spiro atoms. The average Bonchev–Trinajstić information content (AvgIpc) is 2.73. The molecule has 0 aromatic carbocycles. The SMILES string of the molecule is Cc1[nH]c(=O)c(C#N)c(C)c1CCC(=O)N1CCN(C(=O)N2CCCCC2)CC1. The maximum atomic E-state index is 12.7. The fourth-order valence-electron chi connectivity index (χ4n) is 4.24. The van der Waals surface area contributed by atoms with E-state index in [0.717, 1.165) is 31.5 Å². The molecule has 2 aliphatic rings. The molecule has 2 saturated heterocycles. The molecular weight excluding hydrogens is 370 g/mol. The maximum Gasteiger partial charge on any atom is 0.320 e. The third kappa shape index (κ3) is 4.61. The number of aromatic amines is 1. The Hall–Kier alpha value is -2.82. The fourth-order valence-corrected chi connectivity index (χ4v) is 4.24. The smallest absolute Gasteiger partial charge is 0.320 e. The number of aryl methyl sites for hydroxylation is 1. The number of carbonyl (C=O) groups is 2. The molecule has 3 heterocycles. The summed E-state index contributed by atoms with van der Waals surface area (Å²) in [6, 6.07) is 2.04. The van der Waals surface area contributed by atoms with Gasteiger partial charge in [-0.2, -0.15) is 5.26 Å². The van der Waals surface area contributed by atoms with Gasteiger partial charge in [-0.3, -0.25) is 9.59 Å². The molecule has 0 unspecified atom stereocenters. The van der Waals surface area contributed by atoms with Crippen LogP contribution in [0.25, 0.3) is 0 Å². The molecule has 0 radical (unpaired) electrons. The van der Waals surface area contributed by atoms with E-state index >= 15 is 0 Å². The van der Waals surface area contributed by atoms with Crippen LogP contribution in [0.1, 0.15) is 48.1 Å². The van der Waals surface area contributed by atoms with Crippen molar-refractivity contribution in [2.75, 3.05) is 39.3 Å². The van der Waals surface area contributed by atoms with E-state index in [9.17, 15) is 19.6 Å². The standard InChI is InChI=1S/C21H29N5O3/c1-15-17(16(2)23-20(28)18(15)14-22)6-7-19(27)24-10-12-26(13-11-24)21(29)25-8-4-3-5-9-25/h3-13H2,1-2H3,(H,23,28). The molecule has 2 fully saturated rings. The highest BCUT2D eigenvalue weighted by molar-refractivity contribution is 5.78. The molecule has 0 aliphatic carbocycles. The summed E-state index contributed by atoms with van der Waals surface area (Å²) in [5.74, 6) is 0.0404. The molecule has 1 N–H and O–H groups in total. The minimum atomic E-state index is -0.382. The molecule has 29 heavy (non-hydrogen) atoms. The Bertz CT molecular complexity index is 872. The molecule has 0 atom stereocenters. The summed E-state index contributed by atoms with van der Waals surface area (Å²) in [5.41, 5.74) is 1.94. The Morgan fingerprint density at radius 2 is 1.55 bits per heavy atom. The summed E-state index contributed by atoms with van der Waals surface area (Å²) in [6.07, 6.45) is 4.13. The highest BCUT2D eigenvalue weighted by Crippen LogP contribution is 2.17. The summed E-state index contributed by atoms with van der Waals surface area (Å²) in [7, 11) is 0. The van der Waals surface area contributed by atoms with Crippen LogP contribution in [0, 0.1) is 25.2 Å². The number of piperidine rings is 1.